The standard InChI is InChI=1S/C16H17FN2O4/c1-9(10-4-5-13(22-2)12(17)6-10)19-16(21)11-8-18-15(20)7-14(11)23-3/h4-9H,1-3H3,(H,18,20)(H,19,21). The number of nitrogens with one attached hydrogen (secondary N) is 2. The minimum Gasteiger partial charge on any atom is -0.496 e. The molecule has 7 heteroatoms. The number of benzene rings is 1. The molecule has 1 unspecified atom stereocenters. The highest BCUT2D eigenvalue weighted by molar-refractivity contribution is 5.96. The maximum absolute atomic E-state index is 13.7. The molecule has 1 aromatic carbocycles. The fourth-order valence-corrected chi connectivity index (χ4v) is 2.11. The fraction of sp³-hybridized carbons (Fsp3) is 0.250. The average molecular weight is 320 g/mol. The molecule has 1 atom stereocenters. The summed E-state index contributed by atoms with van der Waals surface area (Å²) in [5, 5.41) is 2.72. The van der Waals surface area contributed by atoms with Crippen molar-refractivity contribution in [3.63, 3.8) is 0 Å². The summed E-state index contributed by atoms with van der Waals surface area (Å²) in [6.07, 6.45) is 1.28. The van der Waals surface area contributed by atoms with Gasteiger partial charge in [-0.05, 0) is 24.6 Å². The van der Waals surface area contributed by atoms with Gasteiger partial charge in [0.2, 0.25) is 0 Å². The number of pyridine rings is 1. The quantitative estimate of drug-likeness (QED) is 0.883. The van der Waals surface area contributed by atoms with Crippen molar-refractivity contribution in [1.82, 2.24) is 10.3 Å². The Balaban J connectivity index is 2.20. The highest BCUT2D eigenvalue weighted by Gasteiger charge is 2.17. The minimum absolute atomic E-state index is 0.134. The molecule has 1 heterocycles. The monoisotopic (exact) mass is 320 g/mol. The molecule has 2 rings (SSSR count). The van der Waals surface area contributed by atoms with Crippen LogP contribution in [0.15, 0.2) is 35.3 Å². The van der Waals surface area contributed by atoms with E-state index in [1.807, 2.05) is 0 Å². The van der Waals surface area contributed by atoms with Crippen LogP contribution in [0.5, 0.6) is 11.5 Å². The molecule has 0 aliphatic carbocycles. The molecule has 1 aromatic heterocycles. The summed E-state index contributed by atoms with van der Waals surface area (Å²) in [6, 6.07) is 5.20. The van der Waals surface area contributed by atoms with Crippen molar-refractivity contribution in [1.29, 1.82) is 0 Å². The Labute approximate surface area is 132 Å². The zero-order chi connectivity index (χ0) is 17.0. The van der Waals surface area contributed by atoms with Crippen LogP contribution in [0.3, 0.4) is 0 Å². The number of methoxy groups -OCH3 is 2. The molecule has 2 N–H and O–H groups in total. The molecule has 0 saturated carbocycles. The molecule has 23 heavy (non-hydrogen) atoms. The van der Waals surface area contributed by atoms with E-state index in [0.717, 1.165) is 0 Å². The van der Waals surface area contributed by atoms with Crippen LogP contribution in [-0.2, 0) is 0 Å². The Morgan fingerprint density at radius 3 is 2.52 bits per heavy atom. The zero-order valence-corrected chi connectivity index (χ0v) is 13.0. The highest BCUT2D eigenvalue weighted by atomic mass is 19.1. The summed E-state index contributed by atoms with van der Waals surface area (Å²) in [7, 11) is 2.75. The lowest BCUT2D eigenvalue weighted by Crippen LogP contribution is -2.28. The van der Waals surface area contributed by atoms with Gasteiger partial charge in [0.05, 0.1) is 25.8 Å². The van der Waals surface area contributed by atoms with Crippen LogP contribution in [-0.4, -0.2) is 25.1 Å². The topological polar surface area (TPSA) is 80.4 Å². The number of carbonyl (C=O) groups is 1. The van der Waals surface area contributed by atoms with Crippen LogP contribution in [0.4, 0.5) is 4.39 Å². The molecule has 0 spiro atoms. The van der Waals surface area contributed by atoms with Gasteiger partial charge in [-0.1, -0.05) is 6.07 Å². The number of ether oxygens (including phenoxy) is 2. The van der Waals surface area contributed by atoms with E-state index in [1.165, 1.54) is 38.6 Å². The predicted molar refractivity (Wildman–Crippen MR) is 82.4 cm³/mol. The molecule has 6 nitrogen and oxygen atoms in total. The van der Waals surface area contributed by atoms with Crippen molar-refractivity contribution in [2.24, 2.45) is 0 Å². The van der Waals surface area contributed by atoms with Gasteiger partial charge in [-0.15, -0.1) is 0 Å². The summed E-state index contributed by atoms with van der Waals surface area (Å²) in [5.41, 5.74) is 0.400. The predicted octanol–water partition coefficient (Wildman–Crippen LogP) is 2.02. The molecule has 0 aliphatic heterocycles. The zero-order valence-electron chi connectivity index (χ0n) is 13.0. The summed E-state index contributed by atoms with van der Waals surface area (Å²) < 4.78 is 23.6. The van der Waals surface area contributed by atoms with Gasteiger partial charge < -0.3 is 19.8 Å². The number of hydrogen-bond acceptors (Lipinski definition) is 4. The van der Waals surface area contributed by atoms with Crippen LogP contribution < -0.4 is 20.3 Å². The number of amides is 1. The molecule has 0 fully saturated rings. The molecule has 0 saturated heterocycles. The molecule has 122 valence electrons. The normalized spacial score (nSPS) is 11.7. The number of halogens is 1. The first kappa shape index (κ1) is 16.5. The van der Waals surface area contributed by atoms with Crippen LogP contribution >= 0.6 is 0 Å². The molecule has 0 bridgehead atoms. The van der Waals surface area contributed by atoms with Gasteiger partial charge in [0.15, 0.2) is 11.6 Å². The summed E-state index contributed by atoms with van der Waals surface area (Å²) in [4.78, 5) is 26.0. The maximum atomic E-state index is 13.7. The third kappa shape index (κ3) is 3.68. The molecule has 0 radical (unpaired) electrons. The van der Waals surface area contributed by atoms with Crippen LogP contribution in [0, 0.1) is 5.82 Å². The largest absolute Gasteiger partial charge is 0.496 e. The minimum atomic E-state index is -0.507. The summed E-state index contributed by atoms with van der Waals surface area (Å²) >= 11 is 0. The van der Waals surface area contributed by atoms with E-state index in [9.17, 15) is 14.0 Å². The van der Waals surface area contributed by atoms with Crippen molar-refractivity contribution < 1.29 is 18.7 Å². The number of aromatic amines is 1. The van der Waals surface area contributed by atoms with Gasteiger partial charge in [0, 0.05) is 12.3 Å². The number of rotatable bonds is 5. The number of H-pyrrole nitrogens is 1. The summed E-state index contributed by atoms with van der Waals surface area (Å²) in [5.74, 6) is -0.650. The Kier molecular flexibility index (Phi) is 5.00. The lowest BCUT2D eigenvalue weighted by atomic mass is 10.1. The Morgan fingerprint density at radius 1 is 1.22 bits per heavy atom. The molecular weight excluding hydrogens is 303 g/mol. The van der Waals surface area contributed by atoms with E-state index in [1.54, 1.807) is 13.0 Å². The van der Waals surface area contributed by atoms with Gasteiger partial charge in [-0.25, -0.2) is 4.39 Å². The Bertz CT molecular complexity index is 773. The third-order valence-electron chi connectivity index (χ3n) is 3.37. The number of carbonyl (C=O) groups excluding carboxylic acids is 1. The second-order valence-corrected chi connectivity index (χ2v) is 4.87. The van der Waals surface area contributed by atoms with Gasteiger partial charge >= 0.3 is 0 Å². The molecule has 1 amide bonds. The first-order valence-corrected chi connectivity index (χ1v) is 6.87. The summed E-state index contributed by atoms with van der Waals surface area (Å²) in [6.45, 7) is 1.72. The van der Waals surface area contributed by atoms with Crippen molar-refractivity contribution in [3.05, 3.63) is 57.8 Å². The first-order valence-electron chi connectivity index (χ1n) is 6.87. The third-order valence-corrected chi connectivity index (χ3v) is 3.37. The smallest absolute Gasteiger partial charge is 0.257 e. The van der Waals surface area contributed by atoms with Crippen LogP contribution in [0.1, 0.15) is 28.9 Å². The van der Waals surface area contributed by atoms with Crippen molar-refractivity contribution in [3.8, 4) is 11.5 Å². The Hall–Kier alpha value is -2.83. The van der Waals surface area contributed by atoms with E-state index in [-0.39, 0.29) is 22.6 Å². The first-order chi connectivity index (χ1) is 11.0. The van der Waals surface area contributed by atoms with Crippen molar-refractivity contribution in [2.45, 2.75) is 13.0 Å². The fourth-order valence-electron chi connectivity index (χ4n) is 2.11. The molecule has 0 aliphatic rings. The lowest BCUT2D eigenvalue weighted by Gasteiger charge is -2.16. The van der Waals surface area contributed by atoms with Gasteiger partial charge in [0.25, 0.3) is 11.5 Å². The number of hydrogen-bond donors (Lipinski definition) is 2. The van der Waals surface area contributed by atoms with Gasteiger partial charge in [-0.3, -0.25) is 9.59 Å². The van der Waals surface area contributed by atoms with Gasteiger partial charge in [-0.2, -0.15) is 0 Å². The van der Waals surface area contributed by atoms with E-state index in [4.69, 9.17) is 9.47 Å². The highest BCUT2D eigenvalue weighted by Crippen LogP contribution is 2.22. The van der Waals surface area contributed by atoms with Crippen molar-refractivity contribution in [2.75, 3.05) is 14.2 Å². The van der Waals surface area contributed by atoms with Crippen LogP contribution in [0.2, 0.25) is 0 Å². The second-order valence-electron chi connectivity index (χ2n) is 4.87. The number of aromatic nitrogens is 1. The van der Waals surface area contributed by atoms with E-state index in [0.29, 0.717) is 5.56 Å². The molecule has 2 aromatic rings. The van der Waals surface area contributed by atoms with E-state index < -0.39 is 17.8 Å². The SMILES string of the molecule is COc1ccc(C(C)NC(=O)c2c[nH]c(=O)cc2OC)cc1F. The van der Waals surface area contributed by atoms with E-state index >= 15 is 0 Å². The second kappa shape index (κ2) is 6.95. The molecular formula is C16H17FN2O4. The maximum Gasteiger partial charge on any atom is 0.257 e. The Morgan fingerprint density at radius 2 is 1.91 bits per heavy atom. The van der Waals surface area contributed by atoms with E-state index in [2.05, 4.69) is 10.3 Å². The lowest BCUT2D eigenvalue weighted by molar-refractivity contribution is 0.0936. The average Bonchev–Trinajstić information content (AvgIpc) is 2.54. The van der Waals surface area contributed by atoms with Crippen molar-refractivity contribution >= 4 is 5.91 Å². The van der Waals surface area contributed by atoms with Gasteiger partial charge in [0.1, 0.15) is 5.75 Å². The van der Waals surface area contributed by atoms with Crippen LogP contribution in [0.25, 0.3) is 0 Å².